The Labute approximate surface area is 110 Å². The summed E-state index contributed by atoms with van der Waals surface area (Å²) in [7, 11) is 0. The van der Waals surface area contributed by atoms with Gasteiger partial charge in [-0.2, -0.15) is 0 Å². The molecule has 1 N–H and O–H groups in total. The fourth-order valence-corrected chi connectivity index (χ4v) is 7.87. The maximum Gasteiger partial charge on any atom is 0.0696 e. The van der Waals surface area contributed by atoms with Gasteiger partial charge in [-0.3, -0.25) is 0 Å². The zero-order valence-corrected chi connectivity index (χ0v) is 11.6. The van der Waals surface area contributed by atoms with E-state index < -0.39 is 0 Å². The Balaban J connectivity index is 1.63. The molecule has 0 radical (unpaired) electrons. The Hall–Kier alpha value is -0.300. The van der Waals surface area contributed by atoms with Crippen LogP contribution in [0.2, 0.25) is 0 Å². The molecule has 10 unspecified atom stereocenters. The van der Waals surface area contributed by atoms with Crippen molar-refractivity contribution in [3.05, 3.63) is 12.2 Å². The predicted octanol–water partition coefficient (Wildman–Crippen LogP) is 3.10. The Kier molecular flexibility index (Phi) is 1.52. The molecule has 4 saturated carbocycles. The number of fused-ring (bicyclic) bond motifs is 7. The lowest BCUT2D eigenvalue weighted by Crippen LogP contribution is -2.64. The minimum absolute atomic E-state index is 0.0709. The Morgan fingerprint density at radius 2 is 2.00 bits per heavy atom. The molecule has 0 heterocycles. The van der Waals surface area contributed by atoms with Crippen LogP contribution in [0.15, 0.2) is 12.2 Å². The third kappa shape index (κ3) is 0.719. The van der Waals surface area contributed by atoms with Crippen LogP contribution in [0.4, 0.5) is 0 Å². The van der Waals surface area contributed by atoms with Crippen LogP contribution in [0.1, 0.15) is 33.6 Å². The number of aliphatic hydroxyl groups excluding tert-OH is 1. The van der Waals surface area contributed by atoms with Crippen molar-refractivity contribution in [1.29, 1.82) is 0 Å². The van der Waals surface area contributed by atoms with Gasteiger partial charge in [0.05, 0.1) is 6.10 Å². The molecule has 0 saturated heterocycles. The normalized spacial score (nSPS) is 73.8. The molecule has 1 nitrogen and oxygen atoms in total. The highest BCUT2D eigenvalue weighted by Gasteiger charge is 2.81. The average Bonchev–Trinajstić information content (AvgIpc) is 2.79. The molecule has 0 aromatic rings. The van der Waals surface area contributed by atoms with Gasteiger partial charge in [-0.15, -0.1) is 0 Å². The first-order valence-electron chi connectivity index (χ1n) is 7.91. The molecule has 1 heteroatoms. The van der Waals surface area contributed by atoms with E-state index in [1.807, 2.05) is 0 Å². The maximum absolute atomic E-state index is 10.6. The maximum atomic E-state index is 10.6. The highest BCUT2D eigenvalue weighted by Crippen LogP contribution is 2.85. The zero-order valence-electron chi connectivity index (χ0n) is 11.6. The van der Waals surface area contributed by atoms with Gasteiger partial charge in [0.15, 0.2) is 0 Å². The van der Waals surface area contributed by atoms with Crippen molar-refractivity contribution in [3.63, 3.8) is 0 Å². The van der Waals surface area contributed by atoms with Crippen LogP contribution in [-0.4, -0.2) is 11.2 Å². The van der Waals surface area contributed by atoms with Crippen LogP contribution in [0.3, 0.4) is 0 Å². The summed E-state index contributed by atoms with van der Waals surface area (Å²) in [5, 5.41) is 10.6. The molecular formula is C17H24O. The third-order valence-corrected chi connectivity index (χ3v) is 8.23. The van der Waals surface area contributed by atoms with Crippen LogP contribution < -0.4 is 0 Å². The summed E-state index contributed by atoms with van der Waals surface area (Å²) in [6.45, 7) is 7.27. The van der Waals surface area contributed by atoms with Crippen molar-refractivity contribution >= 4 is 0 Å². The monoisotopic (exact) mass is 244 g/mol. The van der Waals surface area contributed by atoms with Gasteiger partial charge in [0.1, 0.15) is 0 Å². The van der Waals surface area contributed by atoms with Gasteiger partial charge in [0.25, 0.3) is 0 Å². The second kappa shape index (κ2) is 2.61. The highest BCUT2D eigenvalue weighted by atomic mass is 16.3. The first-order valence-corrected chi connectivity index (χ1v) is 7.91. The van der Waals surface area contributed by atoms with E-state index in [2.05, 4.69) is 32.9 Å². The molecule has 5 rings (SSSR count). The predicted molar refractivity (Wildman–Crippen MR) is 70.7 cm³/mol. The Morgan fingerprint density at radius 1 is 1.22 bits per heavy atom. The van der Waals surface area contributed by atoms with Crippen molar-refractivity contribution in [2.24, 2.45) is 52.3 Å². The molecule has 5 aliphatic rings. The van der Waals surface area contributed by atoms with Gasteiger partial charge in [0.2, 0.25) is 0 Å². The van der Waals surface area contributed by atoms with Crippen molar-refractivity contribution in [3.8, 4) is 0 Å². The van der Waals surface area contributed by atoms with Crippen molar-refractivity contribution in [2.45, 2.75) is 39.7 Å². The zero-order chi connectivity index (χ0) is 12.4. The summed E-state index contributed by atoms with van der Waals surface area (Å²) in [6, 6.07) is 0. The number of aliphatic hydroxyl groups is 1. The largest absolute Gasteiger partial charge is 0.392 e. The van der Waals surface area contributed by atoms with Crippen LogP contribution >= 0.6 is 0 Å². The van der Waals surface area contributed by atoms with Gasteiger partial charge in [-0.25, -0.2) is 0 Å². The van der Waals surface area contributed by atoms with E-state index in [1.54, 1.807) is 0 Å². The number of hydrogen-bond donors (Lipinski definition) is 1. The molecule has 4 fully saturated rings. The lowest BCUT2D eigenvalue weighted by molar-refractivity contribution is -0.217. The first-order chi connectivity index (χ1) is 8.54. The quantitative estimate of drug-likeness (QED) is 0.703. The summed E-state index contributed by atoms with van der Waals surface area (Å²) in [5.74, 6) is 6.00. The van der Waals surface area contributed by atoms with E-state index in [9.17, 15) is 5.11 Å². The summed E-state index contributed by atoms with van der Waals surface area (Å²) in [4.78, 5) is 0. The molecule has 0 spiro atoms. The summed E-state index contributed by atoms with van der Waals surface area (Å²) < 4.78 is 0. The second-order valence-electron chi connectivity index (χ2n) is 8.34. The van der Waals surface area contributed by atoms with Crippen LogP contribution in [0, 0.1) is 52.3 Å². The van der Waals surface area contributed by atoms with Crippen molar-refractivity contribution < 1.29 is 5.11 Å². The van der Waals surface area contributed by atoms with Crippen LogP contribution in [0.5, 0.6) is 0 Å². The van der Waals surface area contributed by atoms with Gasteiger partial charge in [-0.1, -0.05) is 39.3 Å². The van der Waals surface area contributed by atoms with Gasteiger partial charge < -0.3 is 5.11 Å². The van der Waals surface area contributed by atoms with E-state index in [0.29, 0.717) is 11.3 Å². The van der Waals surface area contributed by atoms with E-state index in [1.165, 1.54) is 12.8 Å². The summed E-state index contributed by atoms with van der Waals surface area (Å²) >= 11 is 0. The summed E-state index contributed by atoms with van der Waals surface area (Å²) in [5.41, 5.74) is 0.812. The number of hydrogen-bond acceptors (Lipinski definition) is 1. The molecule has 0 aromatic carbocycles. The van der Waals surface area contributed by atoms with Crippen LogP contribution in [0.25, 0.3) is 0 Å². The smallest absolute Gasteiger partial charge is 0.0696 e. The molecule has 5 aliphatic carbocycles. The third-order valence-electron chi connectivity index (χ3n) is 8.23. The summed E-state index contributed by atoms with van der Waals surface area (Å²) in [6.07, 6.45) is 7.47. The Morgan fingerprint density at radius 3 is 2.72 bits per heavy atom. The highest BCUT2D eigenvalue weighted by molar-refractivity contribution is 5.35. The van der Waals surface area contributed by atoms with E-state index in [-0.39, 0.29) is 11.5 Å². The molecule has 98 valence electrons. The molecule has 10 atom stereocenters. The lowest BCUT2D eigenvalue weighted by atomic mass is 9.35. The molecule has 2 bridgehead atoms. The molecule has 0 aromatic heterocycles. The Bertz CT molecular complexity index is 468. The number of rotatable bonds is 1. The topological polar surface area (TPSA) is 20.2 Å². The van der Waals surface area contributed by atoms with Crippen molar-refractivity contribution in [1.82, 2.24) is 0 Å². The minimum Gasteiger partial charge on any atom is -0.392 e. The fraction of sp³-hybridized carbons (Fsp3) is 0.882. The van der Waals surface area contributed by atoms with Gasteiger partial charge in [0, 0.05) is 11.3 Å². The lowest BCUT2D eigenvalue weighted by Gasteiger charge is -2.69. The van der Waals surface area contributed by atoms with E-state index in [4.69, 9.17) is 0 Å². The molecule has 0 aliphatic heterocycles. The molecular weight excluding hydrogens is 220 g/mol. The van der Waals surface area contributed by atoms with E-state index in [0.717, 1.165) is 35.5 Å². The molecule has 0 amide bonds. The fourth-order valence-electron chi connectivity index (χ4n) is 7.87. The van der Waals surface area contributed by atoms with Gasteiger partial charge in [-0.05, 0) is 47.3 Å². The molecule has 18 heavy (non-hydrogen) atoms. The SMILES string of the molecule is CCC1C2C3C4C=CC(C)(C4O)C3C3CC1(C)C32. The van der Waals surface area contributed by atoms with Crippen molar-refractivity contribution in [2.75, 3.05) is 0 Å². The second-order valence-corrected chi connectivity index (χ2v) is 8.34. The van der Waals surface area contributed by atoms with Crippen LogP contribution in [-0.2, 0) is 0 Å². The minimum atomic E-state index is -0.0709. The average molecular weight is 244 g/mol. The first kappa shape index (κ1) is 10.5. The van der Waals surface area contributed by atoms with E-state index >= 15 is 0 Å². The standard InChI is InChI=1S/C17H24O/c1-4-10-12-11-8-5-6-16(2,15(8)18)13(11)9-7-17(10,3)14(9)12/h5-6,8-15,18H,4,7H2,1-3H3. The van der Waals surface area contributed by atoms with Gasteiger partial charge >= 0.3 is 0 Å².